The van der Waals surface area contributed by atoms with E-state index in [0.717, 1.165) is 31.6 Å². The molecule has 0 radical (unpaired) electrons. The molecule has 1 saturated heterocycles. The number of alkyl halides is 2. The zero-order valence-electron chi connectivity index (χ0n) is 15.6. The number of anilines is 1. The lowest BCUT2D eigenvalue weighted by molar-refractivity contribution is -0.117. The molecule has 28 heavy (non-hydrogen) atoms. The molecule has 8 heteroatoms. The van der Waals surface area contributed by atoms with E-state index >= 15 is 0 Å². The summed E-state index contributed by atoms with van der Waals surface area (Å²) < 4.78 is 27.5. The summed E-state index contributed by atoms with van der Waals surface area (Å²) in [6.45, 7) is 3.37. The van der Waals surface area contributed by atoms with E-state index in [1.165, 1.54) is 16.6 Å². The molecule has 4 rings (SSSR count). The molecule has 0 N–H and O–H groups in total. The summed E-state index contributed by atoms with van der Waals surface area (Å²) in [5.41, 5.74) is 2.38. The van der Waals surface area contributed by atoms with Crippen molar-refractivity contribution in [3.8, 4) is 11.4 Å². The van der Waals surface area contributed by atoms with Crippen LogP contribution in [0, 0.1) is 5.92 Å². The highest BCUT2D eigenvalue weighted by atomic mass is 19.3. The number of nitrogens with zero attached hydrogens (tertiary/aromatic N) is 5. The number of Topliss-reactive ketones (excluding diaryl/α,β-unsaturated/α-hetero) is 1. The van der Waals surface area contributed by atoms with Crippen LogP contribution in [0.2, 0.25) is 0 Å². The number of ketones is 1. The normalized spacial score (nSPS) is 17.4. The average molecular weight is 385 g/mol. The molecule has 0 aliphatic carbocycles. The van der Waals surface area contributed by atoms with E-state index in [9.17, 15) is 13.6 Å². The van der Waals surface area contributed by atoms with Crippen LogP contribution in [0.15, 0.2) is 36.7 Å². The number of carbonyl (C=O) groups excluding carboxylic acids is 1. The van der Waals surface area contributed by atoms with E-state index in [2.05, 4.69) is 20.0 Å². The van der Waals surface area contributed by atoms with Gasteiger partial charge in [0.2, 0.25) is 0 Å². The molecule has 1 aliphatic rings. The Balaban J connectivity index is 1.65. The van der Waals surface area contributed by atoms with Crippen molar-refractivity contribution in [3.63, 3.8) is 0 Å². The number of carbonyl (C=O) groups is 1. The molecular weight excluding hydrogens is 364 g/mol. The number of fused-ring (bicyclic) bond motifs is 1. The van der Waals surface area contributed by atoms with Crippen LogP contribution >= 0.6 is 0 Å². The Kier molecular flexibility index (Phi) is 5.02. The third kappa shape index (κ3) is 3.72. The van der Waals surface area contributed by atoms with Gasteiger partial charge in [-0.2, -0.15) is 5.10 Å². The minimum atomic E-state index is -2.65. The Morgan fingerprint density at radius 2 is 2.14 bits per heavy atom. The van der Waals surface area contributed by atoms with Gasteiger partial charge in [-0.05, 0) is 49.9 Å². The molecule has 1 unspecified atom stereocenters. The number of halogens is 2. The van der Waals surface area contributed by atoms with Gasteiger partial charge in [0.25, 0.3) is 6.43 Å². The standard InChI is InChI=1S/C20H21F2N5O/c1-13(28)9-14-3-2-8-26(12-14)15-6-7-23-17(10-15)18-11-24-19-5-4-16(20(21)22)25-27(18)19/h4-7,10-11,14,20H,2-3,8-9,12H2,1H3. The summed E-state index contributed by atoms with van der Waals surface area (Å²) in [6.07, 6.45) is 3.34. The highest BCUT2D eigenvalue weighted by Crippen LogP contribution is 2.28. The molecule has 1 aliphatic heterocycles. The molecule has 3 aromatic rings. The van der Waals surface area contributed by atoms with Gasteiger partial charge >= 0.3 is 0 Å². The number of piperidine rings is 1. The zero-order valence-corrected chi connectivity index (χ0v) is 15.6. The summed E-state index contributed by atoms with van der Waals surface area (Å²) in [5.74, 6) is 0.572. The molecule has 0 spiro atoms. The first-order valence-corrected chi connectivity index (χ1v) is 9.35. The van der Waals surface area contributed by atoms with E-state index in [1.807, 2.05) is 12.1 Å². The Hall–Kier alpha value is -2.90. The fourth-order valence-corrected chi connectivity index (χ4v) is 3.81. The van der Waals surface area contributed by atoms with Crippen LogP contribution in [0.25, 0.3) is 17.0 Å². The van der Waals surface area contributed by atoms with E-state index in [-0.39, 0.29) is 11.5 Å². The van der Waals surface area contributed by atoms with Gasteiger partial charge in [0, 0.05) is 31.4 Å². The minimum Gasteiger partial charge on any atom is -0.371 e. The van der Waals surface area contributed by atoms with Crippen molar-refractivity contribution in [1.29, 1.82) is 0 Å². The molecule has 0 aromatic carbocycles. The molecule has 1 fully saturated rings. The fraction of sp³-hybridized carbons (Fsp3) is 0.400. The molecule has 4 heterocycles. The van der Waals surface area contributed by atoms with Crippen molar-refractivity contribution in [1.82, 2.24) is 19.6 Å². The maximum absolute atomic E-state index is 13.0. The van der Waals surface area contributed by atoms with Crippen LogP contribution in [0.3, 0.4) is 0 Å². The van der Waals surface area contributed by atoms with Crippen molar-refractivity contribution in [3.05, 3.63) is 42.4 Å². The van der Waals surface area contributed by atoms with Crippen molar-refractivity contribution in [2.75, 3.05) is 18.0 Å². The number of aromatic nitrogens is 4. The number of hydrogen-bond donors (Lipinski definition) is 0. The fourth-order valence-electron chi connectivity index (χ4n) is 3.81. The molecule has 3 aromatic heterocycles. The predicted octanol–water partition coefficient (Wildman–Crippen LogP) is 3.92. The topological polar surface area (TPSA) is 63.4 Å². The molecule has 1 atom stereocenters. The van der Waals surface area contributed by atoms with Gasteiger partial charge in [-0.15, -0.1) is 0 Å². The van der Waals surface area contributed by atoms with Crippen LogP contribution < -0.4 is 4.90 Å². The lowest BCUT2D eigenvalue weighted by Gasteiger charge is -2.34. The van der Waals surface area contributed by atoms with Gasteiger partial charge in [0.1, 0.15) is 17.2 Å². The van der Waals surface area contributed by atoms with Crippen molar-refractivity contribution in [2.45, 2.75) is 32.6 Å². The van der Waals surface area contributed by atoms with Crippen LogP contribution in [-0.2, 0) is 4.79 Å². The largest absolute Gasteiger partial charge is 0.371 e. The van der Waals surface area contributed by atoms with Gasteiger partial charge in [-0.25, -0.2) is 18.3 Å². The smallest absolute Gasteiger partial charge is 0.282 e. The van der Waals surface area contributed by atoms with Crippen LogP contribution in [0.1, 0.15) is 38.3 Å². The maximum Gasteiger partial charge on any atom is 0.282 e. The van der Waals surface area contributed by atoms with E-state index < -0.39 is 6.43 Å². The maximum atomic E-state index is 13.0. The molecule has 0 amide bonds. The lowest BCUT2D eigenvalue weighted by atomic mass is 9.93. The third-order valence-corrected chi connectivity index (χ3v) is 5.07. The Morgan fingerprint density at radius 1 is 1.29 bits per heavy atom. The first-order valence-electron chi connectivity index (χ1n) is 9.35. The molecule has 0 saturated carbocycles. The highest BCUT2D eigenvalue weighted by molar-refractivity contribution is 5.75. The second-order valence-corrected chi connectivity index (χ2v) is 7.23. The van der Waals surface area contributed by atoms with Crippen molar-refractivity contribution in [2.24, 2.45) is 5.92 Å². The van der Waals surface area contributed by atoms with Crippen molar-refractivity contribution < 1.29 is 13.6 Å². The summed E-state index contributed by atoms with van der Waals surface area (Å²) in [6, 6.07) is 6.67. The predicted molar refractivity (Wildman–Crippen MR) is 101 cm³/mol. The summed E-state index contributed by atoms with van der Waals surface area (Å²) in [4.78, 5) is 22.4. The first kappa shape index (κ1) is 18.5. The molecule has 146 valence electrons. The Morgan fingerprint density at radius 3 is 2.93 bits per heavy atom. The number of pyridine rings is 1. The highest BCUT2D eigenvalue weighted by Gasteiger charge is 2.22. The molecular formula is C20H21F2N5O. The summed E-state index contributed by atoms with van der Waals surface area (Å²) in [5, 5.41) is 4.01. The molecule has 6 nitrogen and oxygen atoms in total. The summed E-state index contributed by atoms with van der Waals surface area (Å²) >= 11 is 0. The van der Waals surface area contributed by atoms with Crippen LogP contribution in [0.5, 0.6) is 0 Å². The van der Waals surface area contributed by atoms with Gasteiger partial charge in [-0.1, -0.05) is 0 Å². The van der Waals surface area contributed by atoms with Crippen molar-refractivity contribution >= 4 is 17.1 Å². The zero-order chi connectivity index (χ0) is 19.7. The van der Waals surface area contributed by atoms with Gasteiger partial charge in [0.05, 0.1) is 11.9 Å². The summed E-state index contributed by atoms with van der Waals surface area (Å²) in [7, 11) is 0. The van der Waals surface area contributed by atoms with E-state index in [0.29, 0.717) is 29.4 Å². The third-order valence-electron chi connectivity index (χ3n) is 5.07. The number of imidazole rings is 1. The second-order valence-electron chi connectivity index (χ2n) is 7.23. The Labute approximate surface area is 161 Å². The first-order chi connectivity index (χ1) is 13.5. The van der Waals surface area contributed by atoms with E-state index in [1.54, 1.807) is 19.3 Å². The van der Waals surface area contributed by atoms with Gasteiger partial charge in [-0.3, -0.25) is 4.98 Å². The Bertz CT molecular complexity index is 1000. The van der Waals surface area contributed by atoms with Gasteiger partial charge in [0.15, 0.2) is 5.65 Å². The monoisotopic (exact) mass is 385 g/mol. The average Bonchev–Trinajstić information content (AvgIpc) is 3.11. The van der Waals surface area contributed by atoms with Crippen LogP contribution in [-0.4, -0.2) is 38.5 Å². The quantitative estimate of drug-likeness (QED) is 0.666. The molecule has 0 bridgehead atoms. The van der Waals surface area contributed by atoms with Crippen LogP contribution in [0.4, 0.5) is 14.5 Å². The SMILES string of the molecule is CC(=O)CC1CCCN(c2ccnc(-c3cnc4ccc(C(F)F)nn34)c2)C1. The van der Waals surface area contributed by atoms with Gasteiger partial charge < -0.3 is 9.69 Å². The second kappa shape index (κ2) is 7.61. The number of rotatable bonds is 5. The number of hydrogen-bond acceptors (Lipinski definition) is 5. The minimum absolute atomic E-state index is 0.217. The van der Waals surface area contributed by atoms with E-state index in [4.69, 9.17) is 0 Å². The lowest BCUT2D eigenvalue weighted by Crippen LogP contribution is -2.36.